The van der Waals surface area contributed by atoms with Crippen molar-refractivity contribution in [3.8, 4) is 5.75 Å². The third-order valence-corrected chi connectivity index (χ3v) is 6.24. The lowest BCUT2D eigenvalue weighted by molar-refractivity contribution is 0.401. The van der Waals surface area contributed by atoms with Gasteiger partial charge in [0.25, 0.3) is 0 Å². The second-order valence-electron chi connectivity index (χ2n) is 7.92. The molecule has 2 aliphatic heterocycles. The first kappa shape index (κ1) is 16.6. The van der Waals surface area contributed by atoms with Gasteiger partial charge in [0.15, 0.2) is 0 Å². The van der Waals surface area contributed by atoms with Crippen LogP contribution in [0, 0.1) is 12.8 Å². The van der Waals surface area contributed by atoms with Crippen LogP contribution in [0.2, 0.25) is 0 Å². The Morgan fingerprint density at radius 2 is 2.15 bits per heavy atom. The largest absolute Gasteiger partial charge is 0.496 e. The van der Waals surface area contributed by atoms with Crippen LogP contribution >= 0.6 is 0 Å². The van der Waals surface area contributed by atoms with E-state index < -0.39 is 0 Å². The molecule has 1 saturated heterocycles. The lowest BCUT2D eigenvalue weighted by Crippen LogP contribution is -2.35. The van der Waals surface area contributed by atoms with E-state index in [-0.39, 0.29) is 0 Å². The molecule has 0 saturated carbocycles. The van der Waals surface area contributed by atoms with Crippen molar-refractivity contribution in [1.29, 1.82) is 0 Å². The number of ether oxygens (including phenoxy) is 1. The van der Waals surface area contributed by atoms with Crippen LogP contribution in [0.25, 0.3) is 11.0 Å². The number of imidazole rings is 1. The number of nitrogens with zero attached hydrogens (tertiary/aromatic N) is 2. The SMILES string of the molecule is COc1ccc(Cn2cnc3cc4c(cc32)NC(C)C2CCNC42)cc1C. The molecule has 2 aliphatic rings. The normalized spacial score (nSPS) is 23.7. The number of hydrogen-bond donors (Lipinski definition) is 2. The Morgan fingerprint density at radius 1 is 1.26 bits per heavy atom. The van der Waals surface area contributed by atoms with E-state index in [2.05, 4.69) is 53.3 Å². The monoisotopic (exact) mass is 362 g/mol. The van der Waals surface area contributed by atoms with Crippen LogP contribution in [0.3, 0.4) is 0 Å². The molecule has 3 heterocycles. The fourth-order valence-corrected chi connectivity index (χ4v) is 4.82. The van der Waals surface area contributed by atoms with Crippen molar-refractivity contribution in [2.45, 2.75) is 38.9 Å². The number of aryl methyl sites for hydroxylation is 1. The van der Waals surface area contributed by atoms with Crippen molar-refractivity contribution in [3.63, 3.8) is 0 Å². The molecule has 140 valence electrons. The highest BCUT2D eigenvalue weighted by molar-refractivity contribution is 5.83. The molecule has 0 bridgehead atoms. The molecule has 5 nitrogen and oxygen atoms in total. The molecule has 3 unspecified atom stereocenters. The molecule has 0 amide bonds. The van der Waals surface area contributed by atoms with Gasteiger partial charge in [0.1, 0.15) is 5.75 Å². The third-order valence-electron chi connectivity index (χ3n) is 6.24. The van der Waals surface area contributed by atoms with Crippen molar-refractivity contribution in [1.82, 2.24) is 14.9 Å². The van der Waals surface area contributed by atoms with Crippen LogP contribution in [0.4, 0.5) is 5.69 Å². The fraction of sp³-hybridized carbons (Fsp3) is 0.409. The van der Waals surface area contributed by atoms with Crippen molar-refractivity contribution in [2.75, 3.05) is 19.0 Å². The van der Waals surface area contributed by atoms with Crippen LogP contribution in [-0.4, -0.2) is 29.2 Å². The molecule has 0 spiro atoms. The highest BCUT2D eigenvalue weighted by Crippen LogP contribution is 2.42. The van der Waals surface area contributed by atoms with Gasteiger partial charge < -0.3 is 19.9 Å². The summed E-state index contributed by atoms with van der Waals surface area (Å²) in [6.45, 7) is 6.29. The van der Waals surface area contributed by atoms with Gasteiger partial charge in [-0.25, -0.2) is 4.98 Å². The van der Waals surface area contributed by atoms with E-state index in [9.17, 15) is 0 Å². The molecule has 5 heteroatoms. The molecule has 3 atom stereocenters. The molecule has 0 aliphatic carbocycles. The van der Waals surface area contributed by atoms with Crippen LogP contribution in [-0.2, 0) is 6.54 Å². The Hall–Kier alpha value is -2.53. The average molecular weight is 362 g/mol. The highest BCUT2D eigenvalue weighted by Gasteiger charge is 2.37. The molecular weight excluding hydrogens is 336 g/mol. The lowest BCUT2D eigenvalue weighted by Gasteiger charge is -2.35. The Balaban J connectivity index is 1.52. The molecule has 2 N–H and O–H groups in total. The van der Waals surface area contributed by atoms with Gasteiger partial charge in [-0.05, 0) is 67.6 Å². The number of benzene rings is 2. The summed E-state index contributed by atoms with van der Waals surface area (Å²) < 4.78 is 7.61. The zero-order chi connectivity index (χ0) is 18.5. The molecule has 1 fully saturated rings. The highest BCUT2D eigenvalue weighted by atomic mass is 16.5. The predicted octanol–water partition coefficient (Wildman–Crippen LogP) is 3.87. The summed E-state index contributed by atoms with van der Waals surface area (Å²) in [5.41, 5.74) is 7.28. The summed E-state index contributed by atoms with van der Waals surface area (Å²) in [5.74, 6) is 1.60. The summed E-state index contributed by atoms with van der Waals surface area (Å²) in [7, 11) is 1.71. The van der Waals surface area contributed by atoms with E-state index >= 15 is 0 Å². The maximum Gasteiger partial charge on any atom is 0.121 e. The molecule has 0 radical (unpaired) electrons. The van der Waals surface area contributed by atoms with E-state index in [1.54, 1.807) is 7.11 Å². The summed E-state index contributed by atoms with van der Waals surface area (Å²) in [4.78, 5) is 4.70. The minimum absolute atomic E-state index is 0.454. The molecule has 1 aromatic heterocycles. The van der Waals surface area contributed by atoms with Crippen LogP contribution in [0.5, 0.6) is 5.75 Å². The molecule has 27 heavy (non-hydrogen) atoms. The van der Waals surface area contributed by atoms with Gasteiger partial charge in [-0.15, -0.1) is 0 Å². The van der Waals surface area contributed by atoms with Gasteiger partial charge in [0, 0.05) is 24.3 Å². The lowest BCUT2D eigenvalue weighted by atomic mass is 9.84. The minimum Gasteiger partial charge on any atom is -0.496 e. The van der Waals surface area contributed by atoms with Crippen LogP contribution in [0.15, 0.2) is 36.7 Å². The number of hydrogen-bond acceptors (Lipinski definition) is 4. The zero-order valence-corrected chi connectivity index (χ0v) is 16.1. The number of nitrogens with one attached hydrogen (secondary N) is 2. The smallest absolute Gasteiger partial charge is 0.121 e. The summed E-state index contributed by atoms with van der Waals surface area (Å²) in [5, 5.41) is 7.42. The first-order valence-electron chi connectivity index (χ1n) is 9.76. The topological polar surface area (TPSA) is 51.1 Å². The van der Waals surface area contributed by atoms with Gasteiger partial charge in [0.2, 0.25) is 0 Å². The summed E-state index contributed by atoms with van der Waals surface area (Å²) >= 11 is 0. The number of rotatable bonds is 3. The van der Waals surface area contributed by atoms with Gasteiger partial charge in [-0.3, -0.25) is 0 Å². The third kappa shape index (κ3) is 2.69. The maximum atomic E-state index is 5.38. The maximum absolute atomic E-state index is 5.38. The van der Waals surface area contributed by atoms with Gasteiger partial charge in [0.05, 0.1) is 24.5 Å². The first-order valence-corrected chi connectivity index (χ1v) is 9.76. The van der Waals surface area contributed by atoms with E-state index in [1.165, 1.54) is 28.8 Å². The van der Waals surface area contributed by atoms with E-state index in [0.29, 0.717) is 18.0 Å². The average Bonchev–Trinajstić information content (AvgIpc) is 3.29. The van der Waals surface area contributed by atoms with Crippen molar-refractivity contribution < 1.29 is 4.74 Å². The molecule has 2 aromatic carbocycles. The Labute approximate surface area is 159 Å². The summed E-state index contributed by atoms with van der Waals surface area (Å²) in [6.07, 6.45) is 3.19. The summed E-state index contributed by atoms with van der Waals surface area (Å²) in [6, 6.07) is 11.9. The number of anilines is 1. The molecular formula is C22H26N4O. The molecule has 5 rings (SSSR count). The van der Waals surface area contributed by atoms with Gasteiger partial charge in [-0.1, -0.05) is 12.1 Å². The second-order valence-corrected chi connectivity index (χ2v) is 7.92. The fourth-order valence-electron chi connectivity index (χ4n) is 4.82. The minimum atomic E-state index is 0.454. The Bertz CT molecular complexity index is 1010. The number of aromatic nitrogens is 2. The van der Waals surface area contributed by atoms with Crippen LogP contribution in [0.1, 0.15) is 36.1 Å². The van der Waals surface area contributed by atoms with Crippen molar-refractivity contribution in [2.24, 2.45) is 5.92 Å². The second kappa shape index (κ2) is 6.27. The van der Waals surface area contributed by atoms with Crippen molar-refractivity contribution in [3.05, 3.63) is 53.3 Å². The predicted molar refractivity (Wildman–Crippen MR) is 109 cm³/mol. The Morgan fingerprint density at radius 3 is 2.96 bits per heavy atom. The van der Waals surface area contributed by atoms with E-state index in [0.717, 1.165) is 29.9 Å². The number of fused-ring (bicyclic) bond motifs is 4. The zero-order valence-electron chi connectivity index (χ0n) is 16.1. The Kier molecular flexibility index (Phi) is 3.86. The first-order chi connectivity index (χ1) is 13.1. The number of methoxy groups -OCH3 is 1. The van der Waals surface area contributed by atoms with Crippen molar-refractivity contribution >= 4 is 16.7 Å². The quantitative estimate of drug-likeness (QED) is 0.743. The van der Waals surface area contributed by atoms with Gasteiger partial charge >= 0.3 is 0 Å². The van der Waals surface area contributed by atoms with E-state index in [1.807, 2.05) is 12.4 Å². The van der Waals surface area contributed by atoms with E-state index in [4.69, 9.17) is 9.72 Å². The molecule has 3 aromatic rings. The standard InChI is InChI=1S/C22H26N4O/c1-13-8-15(4-5-21(13)27-3)11-26-12-24-19-9-17-18(10-20(19)26)25-14(2)16-6-7-23-22(16)17/h4-5,8-10,12,14,16,22-23,25H,6-7,11H2,1-3H3. The van der Waals surface area contributed by atoms with Gasteiger partial charge in [-0.2, -0.15) is 0 Å². The van der Waals surface area contributed by atoms with Crippen LogP contribution < -0.4 is 15.4 Å².